The molecule has 0 radical (unpaired) electrons. The first-order valence-electron chi connectivity index (χ1n) is 7.82. The van der Waals surface area contributed by atoms with Gasteiger partial charge in [-0.05, 0) is 26.2 Å². The summed E-state index contributed by atoms with van der Waals surface area (Å²) in [6.45, 7) is 10.7. The molecule has 7 heteroatoms. The molecule has 0 aliphatic carbocycles. The monoisotopic (exact) mass is 427 g/mol. The molecule has 1 N–H and O–H groups in total. The number of likely N-dealkylation sites (tertiary alicyclic amines) is 1. The Labute approximate surface area is 151 Å². The number of hydrogen-bond acceptors (Lipinski definition) is 4. The van der Waals surface area contributed by atoms with Crippen LogP contribution < -0.4 is 5.32 Å². The Hall–Kier alpha value is -0.570. The Morgan fingerprint density at radius 1 is 1.36 bits per heavy atom. The molecule has 130 valence electrons. The average molecular weight is 427 g/mol. The fraction of sp³-hybridized carbons (Fsp3) is 0.867. The van der Waals surface area contributed by atoms with Crippen LogP contribution in [0.5, 0.6) is 0 Å². The van der Waals surface area contributed by atoms with Gasteiger partial charge < -0.3 is 19.7 Å². The van der Waals surface area contributed by atoms with E-state index in [2.05, 4.69) is 22.1 Å². The number of nitrogens with one attached hydrogen (secondary N) is 1. The van der Waals surface area contributed by atoms with Gasteiger partial charge in [-0.1, -0.05) is 6.92 Å². The van der Waals surface area contributed by atoms with E-state index in [4.69, 9.17) is 9.47 Å². The minimum absolute atomic E-state index is 0. The zero-order chi connectivity index (χ0) is 15.7. The van der Waals surface area contributed by atoms with Crippen LogP contribution in [-0.4, -0.2) is 63.3 Å². The molecular formula is C15H30IN3O3. The van der Waals surface area contributed by atoms with Crippen molar-refractivity contribution in [2.75, 3.05) is 46.5 Å². The molecule has 2 atom stereocenters. The summed E-state index contributed by atoms with van der Waals surface area (Å²) in [7, 11) is 1.45. The van der Waals surface area contributed by atoms with Crippen molar-refractivity contribution in [3.63, 3.8) is 0 Å². The Balaban J connectivity index is 0.00000441. The zero-order valence-electron chi connectivity index (χ0n) is 14.1. The lowest BCUT2D eigenvalue weighted by Crippen LogP contribution is -2.40. The predicted octanol–water partition coefficient (Wildman–Crippen LogP) is 1.74. The number of nitrogens with zero attached hydrogens (tertiary/aromatic N) is 2. The molecule has 2 unspecified atom stereocenters. The van der Waals surface area contributed by atoms with E-state index in [1.54, 1.807) is 0 Å². The molecule has 0 aromatic rings. The van der Waals surface area contributed by atoms with Gasteiger partial charge in [-0.3, -0.25) is 9.79 Å². The first-order valence-corrected chi connectivity index (χ1v) is 7.82. The molecule has 1 saturated heterocycles. The van der Waals surface area contributed by atoms with Gasteiger partial charge in [0.15, 0.2) is 5.96 Å². The number of esters is 1. The molecule has 1 rings (SSSR count). The van der Waals surface area contributed by atoms with Crippen LogP contribution in [-0.2, 0) is 14.3 Å². The van der Waals surface area contributed by atoms with Gasteiger partial charge in [0, 0.05) is 39.4 Å². The van der Waals surface area contributed by atoms with Gasteiger partial charge in [0.05, 0.1) is 13.0 Å². The van der Waals surface area contributed by atoms with Crippen molar-refractivity contribution in [2.45, 2.75) is 27.2 Å². The smallest absolute Gasteiger partial charge is 0.310 e. The van der Waals surface area contributed by atoms with Crippen LogP contribution in [0, 0.1) is 11.8 Å². The summed E-state index contributed by atoms with van der Waals surface area (Å²) in [6, 6.07) is 0. The molecular weight excluding hydrogens is 397 g/mol. The number of guanidine groups is 1. The Bertz CT molecular complexity index is 353. The van der Waals surface area contributed by atoms with Crippen LogP contribution in [0.3, 0.4) is 0 Å². The minimum Gasteiger partial charge on any atom is -0.469 e. The van der Waals surface area contributed by atoms with Crippen molar-refractivity contribution in [1.82, 2.24) is 10.2 Å². The lowest BCUT2D eigenvalue weighted by Gasteiger charge is -2.21. The standard InChI is InChI=1S/C15H29N3O3.HI/c1-5-16-15(17-8-7-9-21-6-2)18-10-12(3)13(11-18)14(19)20-4;/h12-13H,5-11H2,1-4H3,(H,16,17);1H. The predicted molar refractivity (Wildman–Crippen MR) is 98.7 cm³/mol. The third kappa shape index (κ3) is 6.68. The van der Waals surface area contributed by atoms with E-state index in [1.807, 2.05) is 13.8 Å². The first kappa shape index (κ1) is 21.4. The van der Waals surface area contributed by atoms with Gasteiger partial charge in [-0.2, -0.15) is 0 Å². The fourth-order valence-corrected chi connectivity index (χ4v) is 2.52. The summed E-state index contributed by atoms with van der Waals surface area (Å²) in [4.78, 5) is 18.5. The summed E-state index contributed by atoms with van der Waals surface area (Å²) in [5.74, 6) is 0.969. The van der Waals surface area contributed by atoms with Gasteiger partial charge in [0.25, 0.3) is 0 Å². The Kier molecular flexibility index (Phi) is 11.6. The highest BCUT2D eigenvalue weighted by Crippen LogP contribution is 2.24. The van der Waals surface area contributed by atoms with E-state index in [0.29, 0.717) is 6.54 Å². The molecule has 0 spiro atoms. The van der Waals surface area contributed by atoms with Crippen molar-refractivity contribution in [3.8, 4) is 0 Å². The summed E-state index contributed by atoms with van der Waals surface area (Å²) in [6.07, 6.45) is 0.909. The van der Waals surface area contributed by atoms with E-state index < -0.39 is 0 Å². The second-order valence-corrected chi connectivity index (χ2v) is 5.30. The van der Waals surface area contributed by atoms with Crippen molar-refractivity contribution in [3.05, 3.63) is 0 Å². The molecule has 1 fully saturated rings. The molecule has 0 amide bonds. The van der Waals surface area contributed by atoms with Crippen molar-refractivity contribution >= 4 is 35.9 Å². The summed E-state index contributed by atoms with van der Waals surface area (Å²) in [5, 5.41) is 3.30. The van der Waals surface area contributed by atoms with Crippen LogP contribution in [0.25, 0.3) is 0 Å². The van der Waals surface area contributed by atoms with Gasteiger partial charge in [-0.15, -0.1) is 24.0 Å². The number of ether oxygens (including phenoxy) is 2. The fourth-order valence-electron chi connectivity index (χ4n) is 2.52. The summed E-state index contributed by atoms with van der Waals surface area (Å²) in [5.41, 5.74) is 0. The number of rotatable bonds is 7. The van der Waals surface area contributed by atoms with Crippen LogP contribution in [0.2, 0.25) is 0 Å². The highest BCUT2D eigenvalue weighted by molar-refractivity contribution is 14.0. The number of carbonyl (C=O) groups is 1. The van der Waals surface area contributed by atoms with Crippen molar-refractivity contribution in [2.24, 2.45) is 16.8 Å². The van der Waals surface area contributed by atoms with Gasteiger partial charge in [-0.25, -0.2) is 0 Å². The van der Waals surface area contributed by atoms with Crippen molar-refractivity contribution < 1.29 is 14.3 Å². The third-order valence-electron chi connectivity index (χ3n) is 3.66. The van der Waals surface area contributed by atoms with E-state index in [0.717, 1.165) is 45.2 Å². The summed E-state index contributed by atoms with van der Waals surface area (Å²) >= 11 is 0. The average Bonchev–Trinajstić information content (AvgIpc) is 2.87. The molecule has 1 aliphatic rings. The molecule has 1 heterocycles. The number of carbonyl (C=O) groups excluding carboxylic acids is 1. The van der Waals surface area contributed by atoms with E-state index in [-0.39, 0.29) is 41.8 Å². The topological polar surface area (TPSA) is 63.2 Å². The van der Waals surface area contributed by atoms with Gasteiger partial charge in [0.1, 0.15) is 0 Å². The van der Waals surface area contributed by atoms with E-state index >= 15 is 0 Å². The lowest BCUT2D eigenvalue weighted by molar-refractivity contribution is -0.145. The number of methoxy groups -OCH3 is 1. The highest BCUT2D eigenvalue weighted by Gasteiger charge is 2.36. The maximum Gasteiger partial charge on any atom is 0.310 e. The Morgan fingerprint density at radius 2 is 2.09 bits per heavy atom. The third-order valence-corrected chi connectivity index (χ3v) is 3.66. The maximum atomic E-state index is 11.8. The SMILES string of the molecule is CCNC(=NCCCOCC)N1CC(C)C(C(=O)OC)C1.I. The summed E-state index contributed by atoms with van der Waals surface area (Å²) < 4.78 is 10.2. The minimum atomic E-state index is -0.128. The lowest BCUT2D eigenvalue weighted by atomic mass is 9.99. The first-order chi connectivity index (χ1) is 10.1. The van der Waals surface area contributed by atoms with Crippen LogP contribution in [0.1, 0.15) is 27.2 Å². The van der Waals surface area contributed by atoms with Crippen LogP contribution in [0.4, 0.5) is 0 Å². The normalized spacial score (nSPS) is 21.5. The zero-order valence-corrected chi connectivity index (χ0v) is 16.5. The molecule has 22 heavy (non-hydrogen) atoms. The quantitative estimate of drug-likeness (QED) is 0.221. The molecule has 0 saturated carbocycles. The molecule has 0 aromatic heterocycles. The second kappa shape index (κ2) is 11.9. The van der Waals surface area contributed by atoms with Crippen molar-refractivity contribution in [1.29, 1.82) is 0 Å². The van der Waals surface area contributed by atoms with E-state index in [1.165, 1.54) is 7.11 Å². The molecule has 6 nitrogen and oxygen atoms in total. The number of hydrogen-bond donors (Lipinski definition) is 1. The van der Waals surface area contributed by atoms with Gasteiger partial charge in [0.2, 0.25) is 0 Å². The molecule has 0 aromatic carbocycles. The Morgan fingerprint density at radius 3 is 2.68 bits per heavy atom. The van der Waals surface area contributed by atoms with Crippen LogP contribution in [0.15, 0.2) is 4.99 Å². The molecule has 1 aliphatic heterocycles. The molecule has 0 bridgehead atoms. The highest BCUT2D eigenvalue weighted by atomic mass is 127. The largest absolute Gasteiger partial charge is 0.469 e. The second-order valence-electron chi connectivity index (χ2n) is 5.30. The maximum absolute atomic E-state index is 11.8. The van der Waals surface area contributed by atoms with Gasteiger partial charge >= 0.3 is 5.97 Å². The number of aliphatic imine (C=N–C) groups is 1. The van der Waals surface area contributed by atoms with Crippen LogP contribution >= 0.6 is 24.0 Å². The van der Waals surface area contributed by atoms with E-state index in [9.17, 15) is 4.79 Å². The number of halogens is 1.